The molecule has 4 aromatic rings. The predicted molar refractivity (Wildman–Crippen MR) is 155 cm³/mol. The molecule has 198 valence electrons. The summed E-state index contributed by atoms with van der Waals surface area (Å²) in [5.41, 5.74) is 4.65. The van der Waals surface area contributed by atoms with Gasteiger partial charge in [-0.2, -0.15) is 0 Å². The highest BCUT2D eigenvalue weighted by atomic mass is 32.1. The van der Waals surface area contributed by atoms with Crippen LogP contribution in [0.4, 0.5) is 0 Å². The second kappa shape index (κ2) is 12.5. The Kier molecular flexibility index (Phi) is 8.86. The van der Waals surface area contributed by atoms with E-state index in [9.17, 15) is 4.79 Å². The first-order valence-electron chi connectivity index (χ1n) is 12.4. The Morgan fingerprint density at radius 1 is 0.868 bits per heavy atom. The molecule has 0 fully saturated rings. The van der Waals surface area contributed by atoms with Crippen molar-refractivity contribution in [2.45, 2.75) is 26.4 Å². The van der Waals surface area contributed by atoms with Crippen LogP contribution in [0.25, 0.3) is 10.9 Å². The summed E-state index contributed by atoms with van der Waals surface area (Å²) in [5, 5.41) is 4.95. The maximum Gasteiger partial charge on any atom is 0.253 e. The topological polar surface area (TPSA) is 75.8 Å². The lowest BCUT2D eigenvalue weighted by molar-refractivity contribution is 0.354. The number of pyridine rings is 1. The summed E-state index contributed by atoms with van der Waals surface area (Å²) >= 11 is 5.82. The van der Waals surface area contributed by atoms with Gasteiger partial charge >= 0.3 is 0 Å². The lowest BCUT2D eigenvalue weighted by atomic mass is 10.1. The Labute approximate surface area is 228 Å². The minimum Gasteiger partial charge on any atom is -0.497 e. The molecular weight excluding hydrogens is 498 g/mol. The highest BCUT2D eigenvalue weighted by Crippen LogP contribution is 2.27. The molecule has 0 aliphatic heterocycles. The molecule has 0 bridgehead atoms. The van der Waals surface area contributed by atoms with Crippen LogP contribution in [0.5, 0.6) is 17.2 Å². The molecule has 0 atom stereocenters. The summed E-state index contributed by atoms with van der Waals surface area (Å²) in [4.78, 5) is 18.0. The van der Waals surface area contributed by atoms with Gasteiger partial charge < -0.3 is 29.4 Å². The number of nitrogens with one attached hydrogen (secondary N) is 2. The Bertz CT molecular complexity index is 1470. The van der Waals surface area contributed by atoms with Gasteiger partial charge in [0.05, 0.1) is 27.9 Å². The highest BCUT2D eigenvalue weighted by Gasteiger charge is 2.15. The molecule has 0 saturated carbocycles. The zero-order chi connectivity index (χ0) is 27.1. The van der Waals surface area contributed by atoms with E-state index in [4.69, 9.17) is 26.4 Å². The SMILES string of the molecule is COc1ccc(CN(Cc2cc3cc(C)ccc3[nH]c2=O)C(=S)NCCc2ccc(OC)c(OC)c2)cc1. The first-order valence-corrected chi connectivity index (χ1v) is 12.8. The van der Waals surface area contributed by atoms with Crippen molar-refractivity contribution in [1.82, 2.24) is 15.2 Å². The number of hydrogen-bond acceptors (Lipinski definition) is 5. The second-order valence-corrected chi connectivity index (χ2v) is 9.48. The molecule has 0 amide bonds. The molecule has 0 aliphatic rings. The number of thiocarbonyl (C=S) groups is 1. The van der Waals surface area contributed by atoms with Crippen LogP contribution in [0.1, 0.15) is 22.3 Å². The van der Waals surface area contributed by atoms with Crippen molar-refractivity contribution in [3.05, 3.63) is 99.3 Å². The quantitative estimate of drug-likeness (QED) is 0.280. The van der Waals surface area contributed by atoms with E-state index >= 15 is 0 Å². The molecule has 7 nitrogen and oxygen atoms in total. The van der Waals surface area contributed by atoms with Gasteiger partial charge in [-0.05, 0) is 84.5 Å². The van der Waals surface area contributed by atoms with E-state index in [0.717, 1.165) is 39.8 Å². The molecule has 2 N–H and O–H groups in total. The average molecular weight is 532 g/mol. The van der Waals surface area contributed by atoms with Gasteiger partial charge in [0.1, 0.15) is 5.75 Å². The molecule has 3 aromatic carbocycles. The number of H-pyrrole nitrogens is 1. The van der Waals surface area contributed by atoms with E-state index in [1.807, 2.05) is 72.5 Å². The monoisotopic (exact) mass is 531 g/mol. The number of benzene rings is 3. The van der Waals surface area contributed by atoms with Gasteiger partial charge in [0, 0.05) is 24.2 Å². The number of aromatic amines is 1. The zero-order valence-corrected chi connectivity index (χ0v) is 23.0. The van der Waals surface area contributed by atoms with Crippen LogP contribution in [0, 0.1) is 6.92 Å². The standard InChI is InChI=1S/C30H33N3O4S/c1-20-5-11-26-23(15-20)17-24(29(34)32-26)19-33(18-22-6-9-25(35-2)10-7-22)30(38)31-14-13-21-8-12-27(36-3)28(16-21)37-4/h5-12,15-17H,13-14,18-19H2,1-4H3,(H,31,38)(H,32,34). The van der Waals surface area contributed by atoms with Gasteiger partial charge in [0.25, 0.3) is 5.56 Å². The lowest BCUT2D eigenvalue weighted by Crippen LogP contribution is -2.40. The van der Waals surface area contributed by atoms with Crippen molar-refractivity contribution in [3.63, 3.8) is 0 Å². The number of methoxy groups -OCH3 is 3. The molecule has 1 heterocycles. The third-order valence-corrected chi connectivity index (χ3v) is 6.80. The van der Waals surface area contributed by atoms with Crippen LogP contribution in [-0.4, -0.2) is 42.9 Å². The van der Waals surface area contributed by atoms with E-state index in [1.165, 1.54) is 0 Å². The molecule has 0 spiro atoms. The molecule has 0 saturated heterocycles. The highest BCUT2D eigenvalue weighted by molar-refractivity contribution is 7.80. The Hall–Kier alpha value is -4.04. The van der Waals surface area contributed by atoms with Crippen molar-refractivity contribution in [1.29, 1.82) is 0 Å². The predicted octanol–water partition coefficient (Wildman–Crippen LogP) is 4.98. The molecule has 38 heavy (non-hydrogen) atoms. The van der Waals surface area contributed by atoms with Gasteiger partial charge in [-0.15, -0.1) is 0 Å². The van der Waals surface area contributed by atoms with E-state index in [1.54, 1.807) is 21.3 Å². The lowest BCUT2D eigenvalue weighted by Gasteiger charge is -2.26. The normalized spacial score (nSPS) is 10.7. The van der Waals surface area contributed by atoms with Gasteiger partial charge in [-0.3, -0.25) is 4.79 Å². The van der Waals surface area contributed by atoms with Crippen molar-refractivity contribution >= 4 is 28.2 Å². The van der Waals surface area contributed by atoms with Crippen molar-refractivity contribution in [2.24, 2.45) is 0 Å². The molecule has 0 aliphatic carbocycles. The Morgan fingerprint density at radius 2 is 1.61 bits per heavy atom. The Morgan fingerprint density at radius 3 is 2.32 bits per heavy atom. The smallest absolute Gasteiger partial charge is 0.253 e. The number of aromatic nitrogens is 1. The van der Waals surface area contributed by atoms with Gasteiger partial charge in [-0.25, -0.2) is 0 Å². The summed E-state index contributed by atoms with van der Waals surface area (Å²) in [6.07, 6.45) is 0.743. The molecule has 4 rings (SSSR count). The first-order chi connectivity index (χ1) is 18.4. The van der Waals surface area contributed by atoms with Gasteiger partial charge in [-0.1, -0.05) is 29.8 Å². The zero-order valence-electron chi connectivity index (χ0n) is 22.2. The van der Waals surface area contributed by atoms with E-state index < -0.39 is 0 Å². The fraction of sp³-hybridized carbons (Fsp3) is 0.267. The summed E-state index contributed by atoms with van der Waals surface area (Å²) < 4.78 is 16.0. The number of ether oxygens (including phenoxy) is 3. The van der Waals surface area contributed by atoms with Gasteiger partial charge in [0.2, 0.25) is 0 Å². The molecule has 0 radical (unpaired) electrons. The van der Waals surface area contributed by atoms with E-state index in [0.29, 0.717) is 41.8 Å². The van der Waals surface area contributed by atoms with Crippen LogP contribution in [0.15, 0.2) is 71.5 Å². The van der Waals surface area contributed by atoms with Crippen molar-refractivity contribution < 1.29 is 14.2 Å². The number of nitrogens with zero attached hydrogens (tertiary/aromatic N) is 1. The molecule has 1 aromatic heterocycles. The molecule has 8 heteroatoms. The van der Waals surface area contributed by atoms with E-state index in [-0.39, 0.29) is 5.56 Å². The average Bonchev–Trinajstić information content (AvgIpc) is 2.93. The number of aryl methyl sites for hydroxylation is 1. The van der Waals surface area contributed by atoms with Gasteiger partial charge in [0.15, 0.2) is 16.6 Å². The summed E-state index contributed by atoms with van der Waals surface area (Å²) in [5.74, 6) is 2.18. The van der Waals surface area contributed by atoms with E-state index in [2.05, 4.69) is 16.4 Å². The van der Waals surface area contributed by atoms with Crippen LogP contribution >= 0.6 is 12.2 Å². The first kappa shape index (κ1) is 27.0. The third-order valence-electron chi connectivity index (χ3n) is 6.40. The largest absolute Gasteiger partial charge is 0.497 e. The molecule has 0 unspecified atom stereocenters. The minimum atomic E-state index is -0.116. The Balaban J connectivity index is 1.52. The summed E-state index contributed by atoms with van der Waals surface area (Å²) in [7, 11) is 4.89. The van der Waals surface area contributed by atoms with Crippen LogP contribution in [-0.2, 0) is 19.5 Å². The molecular formula is C30H33N3O4S. The number of rotatable bonds is 10. The van der Waals surface area contributed by atoms with Crippen LogP contribution < -0.4 is 25.1 Å². The van der Waals surface area contributed by atoms with Crippen molar-refractivity contribution in [3.8, 4) is 17.2 Å². The number of fused-ring (bicyclic) bond motifs is 1. The van der Waals surface area contributed by atoms with Crippen LogP contribution in [0.3, 0.4) is 0 Å². The van der Waals surface area contributed by atoms with Crippen LogP contribution in [0.2, 0.25) is 0 Å². The minimum absolute atomic E-state index is 0.116. The van der Waals surface area contributed by atoms with Crippen molar-refractivity contribution in [2.75, 3.05) is 27.9 Å². The third kappa shape index (κ3) is 6.63. The fourth-order valence-corrected chi connectivity index (χ4v) is 4.54. The summed E-state index contributed by atoms with van der Waals surface area (Å²) in [6, 6.07) is 21.7. The fourth-order valence-electron chi connectivity index (χ4n) is 4.31. The maximum atomic E-state index is 12.9. The summed E-state index contributed by atoms with van der Waals surface area (Å²) in [6.45, 7) is 3.57. The number of hydrogen-bond donors (Lipinski definition) is 2. The second-order valence-electron chi connectivity index (χ2n) is 9.09. The maximum absolute atomic E-state index is 12.9.